The van der Waals surface area contributed by atoms with E-state index in [0.717, 1.165) is 28.4 Å². The molecule has 1 aliphatic rings. The van der Waals surface area contributed by atoms with E-state index in [-0.39, 0.29) is 5.54 Å². The van der Waals surface area contributed by atoms with E-state index in [1.807, 2.05) is 24.5 Å². The van der Waals surface area contributed by atoms with E-state index in [4.69, 9.17) is 4.99 Å². The predicted octanol–water partition coefficient (Wildman–Crippen LogP) is 3.92. The number of thioether (sulfide) groups is 1. The van der Waals surface area contributed by atoms with Gasteiger partial charge in [0.1, 0.15) is 0 Å². The van der Waals surface area contributed by atoms with Crippen LogP contribution in [0.25, 0.3) is 10.8 Å². The molecule has 3 rings (SSSR count). The fourth-order valence-corrected chi connectivity index (χ4v) is 3.46. The molecule has 1 aromatic carbocycles. The molecule has 0 amide bonds. The van der Waals surface area contributed by atoms with Gasteiger partial charge >= 0.3 is 0 Å². The Balaban J connectivity index is 1.96. The molecule has 1 N–H and O–H groups in total. The topological polar surface area (TPSA) is 37.3 Å². The number of anilines is 1. The van der Waals surface area contributed by atoms with E-state index in [1.54, 1.807) is 11.8 Å². The third-order valence-corrected chi connectivity index (χ3v) is 4.15. The highest BCUT2D eigenvalue weighted by Crippen LogP contribution is 2.29. The normalized spacial score (nSPS) is 18.1. The summed E-state index contributed by atoms with van der Waals surface area (Å²) in [4.78, 5) is 8.93. The Hall–Kier alpha value is -1.55. The van der Waals surface area contributed by atoms with Crippen molar-refractivity contribution < 1.29 is 0 Å². The molecule has 0 spiro atoms. The second kappa shape index (κ2) is 4.85. The van der Waals surface area contributed by atoms with Crippen LogP contribution < -0.4 is 5.32 Å². The van der Waals surface area contributed by atoms with Crippen molar-refractivity contribution in [3.8, 4) is 0 Å². The Labute approximate surface area is 117 Å². The number of aliphatic imine (C=N–C) groups is 1. The van der Waals surface area contributed by atoms with Crippen molar-refractivity contribution in [2.45, 2.75) is 25.8 Å². The summed E-state index contributed by atoms with van der Waals surface area (Å²) in [6, 6.07) is 8.25. The lowest BCUT2D eigenvalue weighted by atomic mass is 10.0. The van der Waals surface area contributed by atoms with Crippen LogP contribution in [0.4, 0.5) is 5.69 Å². The molecule has 3 nitrogen and oxygen atoms in total. The number of hydrogen-bond acceptors (Lipinski definition) is 4. The molecule has 0 radical (unpaired) electrons. The van der Waals surface area contributed by atoms with Gasteiger partial charge in [-0.1, -0.05) is 23.9 Å². The summed E-state index contributed by atoms with van der Waals surface area (Å²) in [5.41, 5.74) is 1.14. The first-order chi connectivity index (χ1) is 9.14. The molecule has 0 saturated carbocycles. The third kappa shape index (κ3) is 2.73. The molecule has 0 atom stereocenters. The molecule has 0 aliphatic carbocycles. The molecule has 2 aromatic rings. The first-order valence-electron chi connectivity index (χ1n) is 6.46. The van der Waals surface area contributed by atoms with E-state index < -0.39 is 0 Å². The zero-order valence-corrected chi connectivity index (χ0v) is 12.0. The number of nitrogens with zero attached hydrogens (tertiary/aromatic N) is 2. The lowest BCUT2D eigenvalue weighted by Gasteiger charge is -2.26. The van der Waals surface area contributed by atoms with Crippen LogP contribution in [0.2, 0.25) is 0 Å². The predicted molar refractivity (Wildman–Crippen MR) is 84.0 cm³/mol. The van der Waals surface area contributed by atoms with Crippen LogP contribution in [-0.4, -0.2) is 21.4 Å². The average Bonchev–Trinajstić information content (AvgIpc) is 2.38. The Kier molecular flexibility index (Phi) is 3.19. The van der Waals surface area contributed by atoms with Crippen LogP contribution in [0.3, 0.4) is 0 Å². The minimum atomic E-state index is 0.0414. The van der Waals surface area contributed by atoms with Crippen molar-refractivity contribution in [2.24, 2.45) is 4.99 Å². The second-order valence-electron chi connectivity index (χ2n) is 5.36. The van der Waals surface area contributed by atoms with Gasteiger partial charge in [-0.15, -0.1) is 0 Å². The third-order valence-electron chi connectivity index (χ3n) is 3.28. The van der Waals surface area contributed by atoms with Gasteiger partial charge in [0.2, 0.25) is 0 Å². The number of rotatable bonds is 1. The summed E-state index contributed by atoms with van der Waals surface area (Å²) in [6.45, 7) is 4.36. The summed E-state index contributed by atoms with van der Waals surface area (Å²) >= 11 is 1.79. The van der Waals surface area contributed by atoms with E-state index in [9.17, 15) is 0 Å². The second-order valence-corrected chi connectivity index (χ2v) is 6.44. The summed E-state index contributed by atoms with van der Waals surface area (Å²) in [5.74, 6) is 1.12. The average molecular weight is 271 g/mol. The largest absolute Gasteiger partial charge is 0.334 e. The Bertz CT molecular complexity index is 629. The maximum atomic E-state index is 4.77. The quantitative estimate of drug-likeness (QED) is 0.854. The summed E-state index contributed by atoms with van der Waals surface area (Å²) in [7, 11) is 0. The van der Waals surface area contributed by atoms with Crippen LogP contribution in [-0.2, 0) is 0 Å². The van der Waals surface area contributed by atoms with Crippen LogP contribution in [0.15, 0.2) is 41.7 Å². The highest BCUT2D eigenvalue weighted by molar-refractivity contribution is 8.14. The van der Waals surface area contributed by atoms with Crippen molar-refractivity contribution >= 4 is 33.4 Å². The number of benzene rings is 1. The molecule has 0 saturated heterocycles. The van der Waals surface area contributed by atoms with Gasteiger partial charge < -0.3 is 5.32 Å². The number of aromatic nitrogens is 1. The highest BCUT2D eigenvalue weighted by atomic mass is 32.2. The van der Waals surface area contributed by atoms with E-state index in [2.05, 4.69) is 36.3 Å². The monoisotopic (exact) mass is 271 g/mol. The zero-order valence-electron chi connectivity index (χ0n) is 11.2. The molecule has 1 aromatic heterocycles. The Morgan fingerprint density at radius 1 is 1.26 bits per heavy atom. The van der Waals surface area contributed by atoms with Crippen LogP contribution >= 0.6 is 11.8 Å². The molecular weight excluding hydrogens is 254 g/mol. The molecule has 0 bridgehead atoms. The van der Waals surface area contributed by atoms with Gasteiger partial charge in [0, 0.05) is 34.6 Å². The molecule has 4 heteroatoms. The maximum Gasteiger partial charge on any atom is 0.161 e. The van der Waals surface area contributed by atoms with Crippen molar-refractivity contribution in [3.63, 3.8) is 0 Å². The highest BCUT2D eigenvalue weighted by Gasteiger charge is 2.22. The summed E-state index contributed by atoms with van der Waals surface area (Å²) in [5, 5.41) is 6.81. The van der Waals surface area contributed by atoms with E-state index in [0.29, 0.717) is 0 Å². The van der Waals surface area contributed by atoms with Gasteiger partial charge in [0.25, 0.3) is 0 Å². The smallest absolute Gasteiger partial charge is 0.161 e. The number of hydrogen-bond donors (Lipinski definition) is 1. The molecular formula is C15H17N3S. The van der Waals surface area contributed by atoms with E-state index in [1.165, 1.54) is 5.39 Å². The fraction of sp³-hybridized carbons (Fsp3) is 0.333. The van der Waals surface area contributed by atoms with Gasteiger partial charge in [-0.25, -0.2) is 0 Å². The number of amidine groups is 1. The molecule has 0 fully saturated rings. The van der Waals surface area contributed by atoms with Crippen molar-refractivity contribution in [1.29, 1.82) is 0 Å². The first kappa shape index (κ1) is 12.5. The number of fused-ring (bicyclic) bond motifs is 1. The number of pyridine rings is 1. The van der Waals surface area contributed by atoms with Crippen molar-refractivity contribution in [1.82, 2.24) is 4.98 Å². The molecule has 0 unspecified atom stereocenters. The van der Waals surface area contributed by atoms with Crippen LogP contribution in [0.1, 0.15) is 20.3 Å². The zero-order chi connectivity index (χ0) is 13.3. The standard InChI is InChI=1S/C15H17N3S/c1-15(2)7-9-19-14(18-15)17-13-5-3-4-11-10-16-8-6-12(11)13/h3-6,8,10H,7,9H2,1-2H3,(H,17,18). The first-order valence-corrected chi connectivity index (χ1v) is 7.45. The molecule has 2 heterocycles. The minimum absolute atomic E-state index is 0.0414. The van der Waals surface area contributed by atoms with Crippen molar-refractivity contribution in [3.05, 3.63) is 36.7 Å². The lowest BCUT2D eigenvalue weighted by Crippen LogP contribution is -2.27. The molecule has 19 heavy (non-hydrogen) atoms. The van der Waals surface area contributed by atoms with E-state index >= 15 is 0 Å². The minimum Gasteiger partial charge on any atom is -0.334 e. The molecule has 98 valence electrons. The molecule has 1 aliphatic heterocycles. The Morgan fingerprint density at radius 2 is 2.16 bits per heavy atom. The summed E-state index contributed by atoms with van der Waals surface area (Å²) < 4.78 is 0. The lowest BCUT2D eigenvalue weighted by molar-refractivity contribution is 0.507. The van der Waals surface area contributed by atoms with Gasteiger partial charge in [-0.3, -0.25) is 9.98 Å². The van der Waals surface area contributed by atoms with Gasteiger partial charge in [-0.2, -0.15) is 0 Å². The van der Waals surface area contributed by atoms with Gasteiger partial charge in [0.15, 0.2) is 5.17 Å². The number of nitrogens with one attached hydrogen (secondary N) is 1. The van der Waals surface area contributed by atoms with Crippen molar-refractivity contribution in [2.75, 3.05) is 11.1 Å². The van der Waals surface area contributed by atoms with Crippen LogP contribution in [0.5, 0.6) is 0 Å². The SMILES string of the molecule is CC1(C)CCSC(Nc2cccc3cnccc23)=N1. The van der Waals surface area contributed by atoms with Gasteiger partial charge in [0.05, 0.1) is 5.54 Å². The maximum absolute atomic E-state index is 4.77. The Morgan fingerprint density at radius 3 is 3.00 bits per heavy atom. The summed E-state index contributed by atoms with van der Waals surface area (Å²) in [6.07, 6.45) is 4.84. The van der Waals surface area contributed by atoms with Crippen LogP contribution in [0, 0.1) is 0 Å². The fourth-order valence-electron chi connectivity index (χ4n) is 2.17. The van der Waals surface area contributed by atoms with Gasteiger partial charge in [-0.05, 0) is 32.4 Å².